The van der Waals surface area contributed by atoms with Crippen LogP contribution in [-0.2, 0) is 4.79 Å². The van der Waals surface area contributed by atoms with Crippen molar-refractivity contribution in [2.24, 2.45) is 5.92 Å². The van der Waals surface area contributed by atoms with Crippen LogP contribution < -0.4 is 4.90 Å². The van der Waals surface area contributed by atoms with E-state index in [1.54, 1.807) is 6.92 Å². The van der Waals surface area contributed by atoms with Crippen molar-refractivity contribution in [1.82, 2.24) is 9.97 Å². The number of aromatic nitrogens is 2. The van der Waals surface area contributed by atoms with E-state index in [2.05, 4.69) is 9.97 Å². The van der Waals surface area contributed by atoms with Gasteiger partial charge in [-0.2, -0.15) is 5.26 Å². The molecular formula is C11H11ClN4O. The number of halogens is 1. The maximum Gasteiger partial charge on any atom is 0.228 e. The fourth-order valence-corrected chi connectivity index (χ4v) is 2.04. The van der Waals surface area contributed by atoms with Crippen LogP contribution in [-0.4, -0.2) is 28.3 Å². The molecule has 1 aliphatic heterocycles. The zero-order chi connectivity index (χ0) is 12.4. The molecule has 1 aromatic rings. The molecule has 1 saturated heterocycles. The van der Waals surface area contributed by atoms with Gasteiger partial charge in [-0.05, 0) is 12.8 Å². The second-order valence-electron chi connectivity index (χ2n) is 4.00. The quantitative estimate of drug-likeness (QED) is 0.741. The summed E-state index contributed by atoms with van der Waals surface area (Å²) in [5, 5.41) is 8.98. The van der Waals surface area contributed by atoms with Crippen molar-refractivity contribution < 1.29 is 4.79 Å². The second-order valence-corrected chi connectivity index (χ2v) is 4.30. The van der Waals surface area contributed by atoms with Gasteiger partial charge in [0.25, 0.3) is 0 Å². The van der Waals surface area contributed by atoms with Crippen LogP contribution in [0.25, 0.3) is 0 Å². The number of alkyl halides is 1. The summed E-state index contributed by atoms with van der Waals surface area (Å²) in [5.41, 5.74) is 0.319. The summed E-state index contributed by atoms with van der Waals surface area (Å²) in [4.78, 5) is 21.5. The van der Waals surface area contributed by atoms with Gasteiger partial charge in [0, 0.05) is 18.8 Å². The van der Waals surface area contributed by atoms with E-state index in [0.717, 1.165) is 0 Å². The maximum absolute atomic E-state index is 11.8. The standard InChI is InChI=1S/C11H11ClN4O/c1-7-14-5-9(4-13)11(15-7)16-6-8(3-12)2-10(16)17/h5,8H,2-3,6H2,1H3. The highest BCUT2D eigenvalue weighted by atomic mass is 35.5. The molecule has 0 aliphatic carbocycles. The molecule has 0 radical (unpaired) electrons. The third-order valence-corrected chi connectivity index (χ3v) is 3.12. The number of carbonyl (C=O) groups is 1. The van der Waals surface area contributed by atoms with Gasteiger partial charge in [0.05, 0.1) is 6.20 Å². The van der Waals surface area contributed by atoms with Gasteiger partial charge in [0.1, 0.15) is 17.5 Å². The smallest absolute Gasteiger partial charge is 0.228 e. The highest BCUT2D eigenvalue weighted by Gasteiger charge is 2.32. The van der Waals surface area contributed by atoms with Crippen molar-refractivity contribution in [3.8, 4) is 6.07 Å². The van der Waals surface area contributed by atoms with Crippen LogP contribution in [0.5, 0.6) is 0 Å². The van der Waals surface area contributed by atoms with Crippen LogP contribution in [0.4, 0.5) is 5.82 Å². The monoisotopic (exact) mass is 250 g/mol. The van der Waals surface area contributed by atoms with Gasteiger partial charge in [-0.15, -0.1) is 11.6 Å². The Hall–Kier alpha value is -1.67. The number of nitriles is 1. The lowest BCUT2D eigenvalue weighted by atomic mass is 10.1. The Kier molecular flexibility index (Phi) is 3.25. The molecule has 2 heterocycles. The van der Waals surface area contributed by atoms with Crippen molar-refractivity contribution in [3.05, 3.63) is 17.6 Å². The van der Waals surface area contributed by atoms with E-state index in [-0.39, 0.29) is 11.8 Å². The molecule has 0 aromatic carbocycles. The first-order chi connectivity index (χ1) is 8.15. The van der Waals surface area contributed by atoms with Gasteiger partial charge < -0.3 is 0 Å². The number of amides is 1. The van der Waals surface area contributed by atoms with Gasteiger partial charge in [0.2, 0.25) is 5.91 Å². The number of aryl methyl sites for hydroxylation is 1. The molecule has 17 heavy (non-hydrogen) atoms. The highest BCUT2D eigenvalue weighted by molar-refractivity contribution is 6.18. The number of hydrogen-bond acceptors (Lipinski definition) is 4. The van der Waals surface area contributed by atoms with E-state index >= 15 is 0 Å². The lowest BCUT2D eigenvalue weighted by Gasteiger charge is -2.16. The predicted octanol–water partition coefficient (Wildman–Crippen LogP) is 1.25. The number of rotatable bonds is 2. The van der Waals surface area contributed by atoms with Crippen LogP contribution in [0.15, 0.2) is 6.20 Å². The Morgan fingerprint density at radius 3 is 3.06 bits per heavy atom. The molecule has 5 nitrogen and oxygen atoms in total. The minimum atomic E-state index is -0.0368. The molecule has 0 saturated carbocycles. The summed E-state index contributed by atoms with van der Waals surface area (Å²) in [5.74, 6) is 1.48. The first kappa shape index (κ1) is 11.8. The zero-order valence-electron chi connectivity index (χ0n) is 9.35. The summed E-state index contributed by atoms with van der Waals surface area (Å²) in [6, 6.07) is 2.00. The molecule has 1 atom stereocenters. The zero-order valence-corrected chi connectivity index (χ0v) is 10.1. The van der Waals surface area contributed by atoms with Crippen molar-refractivity contribution in [1.29, 1.82) is 5.26 Å². The van der Waals surface area contributed by atoms with E-state index in [9.17, 15) is 4.79 Å². The summed E-state index contributed by atoms with van der Waals surface area (Å²) < 4.78 is 0. The molecule has 1 amide bonds. The third-order valence-electron chi connectivity index (χ3n) is 2.69. The Morgan fingerprint density at radius 2 is 2.47 bits per heavy atom. The summed E-state index contributed by atoms with van der Waals surface area (Å²) in [7, 11) is 0. The second kappa shape index (κ2) is 4.68. The van der Waals surface area contributed by atoms with Gasteiger partial charge >= 0.3 is 0 Å². The Morgan fingerprint density at radius 1 is 1.71 bits per heavy atom. The number of hydrogen-bond donors (Lipinski definition) is 0. The molecule has 0 bridgehead atoms. The molecule has 1 unspecified atom stereocenters. The van der Waals surface area contributed by atoms with Crippen LogP contribution >= 0.6 is 11.6 Å². The average Bonchev–Trinajstić information content (AvgIpc) is 2.70. The van der Waals surface area contributed by atoms with E-state index in [1.165, 1.54) is 11.1 Å². The van der Waals surface area contributed by atoms with Crippen molar-refractivity contribution in [2.75, 3.05) is 17.3 Å². The topological polar surface area (TPSA) is 69.9 Å². The van der Waals surface area contributed by atoms with Crippen LogP contribution in [0, 0.1) is 24.2 Å². The van der Waals surface area contributed by atoms with Gasteiger partial charge in [-0.1, -0.05) is 0 Å². The average molecular weight is 251 g/mol. The van der Waals surface area contributed by atoms with Crippen LogP contribution in [0.1, 0.15) is 17.8 Å². The predicted molar refractivity (Wildman–Crippen MR) is 62.7 cm³/mol. The molecule has 1 fully saturated rings. The van der Waals surface area contributed by atoms with Crippen molar-refractivity contribution >= 4 is 23.3 Å². The van der Waals surface area contributed by atoms with Gasteiger partial charge in [-0.25, -0.2) is 9.97 Å². The third kappa shape index (κ3) is 2.22. The maximum atomic E-state index is 11.8. The summed E-state index contributed by atoms with van der Waals surface area (Å²) >= 11 is 5.75. The summed E-state index contributed by atoms with van der Waals surface area (Å²) in [6.45, 7) is 2.25. The molecule has 6 heteroatoms. The largest absolute Gasteiger partial charge is 0.295 e. The normalized spacial score (nSPS) is 19.5. The fourth-order valence-electron chi connectivity index (χ4n) is 1.83. The minimum Gasteiger partial charge on any atom is -0.295 e. The van der Waals surface area contributed by atoms with Gasteiger partial charge in [-0.3, -0.25) is 9.69 Å². The number of nitrogens with zero attached hydrogens (tertiary/aromatic N) is 4. The Bertz CT molecular complexity index is 497. The summed E-state index contributed by atoms with van der Waals surface area (Å²) in [6.07, 6.45) is 1.86. The molecule has 1 aliphatic rings. The van der Waals surface area contributed by atoms with E-state index < -0.39 is 0 Å². The fraction of sp³-hybridized carbons (Fsp3) is 0.455. The molecule has 1 aromatic heterocycles. The molecule has 0 spiro atoms. The van der Waals surface area contributed by atoms with Crippen molar-refractivity contribution in [2.45, 2.75) is 13.3 Å². The molecule has 2 rings (SSSR count). The van der Waals surface area contributed by atoms with Crippen molar-refractivity contribution in [3.63, 3.8) is 0 Å². The van der Waals surface area contributed by atoms with Crippen LogP contribution in [0.2, 0.25) is 0 Å². The number of anilines is 1. The van der Waals surface area contributed by atoms with Gasteiger partial charge in [0.15, 0.2) is 5.82 Å². The molecular weight excluding hydrogens is 240 g/mol. The molecule has 88 valence electrons. The minimum absolute atomic E-state index is 0.0368. The first-order valence-electron chi connectivity index (χ1n) is 5.25. The number of carbonyl (C=O) groups excluding carboxylic acids is 1. The lowest BCUT2D eigenvalue weighted by Crippen LogP contribution is -2.27. The first-order valence-corrected chi connectivity index (χ1v) is 5.79. The van der Waals surface area contributed by atoms with E-state index in [1.807, 2.05) is 6.07 Å². The molecule has 0 N–H and O–H groups in total. The SMILES string of the molecule is Cc1ncc(C#N)c(N2CC(CCl)CC2=O)n1. The Balaban J connectivity index is 2.37. The van der Waals surface area contributed by atoms with Crippen LogP contribution in [0.3, 0.4) is 0 Å². The highest BCUT2D eigenvalue weighted by Crippen LogP contribution is 2.26. The lowest BCUT2D eigenvalue weighted by molar-refractivity contribution is -0.117. The van der Waals surface area contributed by atoms with E-state index in [0.29, 0.717) is 36.1 Å². The van der Waals surface area contributed by atoms with E-state index in [4.69, 9.17) is 16.9 Å². The Labute approximate surface area is 104 Å².